The van der Waals surface area contributed by atoms with E-state index in [0.717, 1.165) is 0 Å². The first-order valence-corrected chi connectivity index (χ1v) is 6.08. The van der Waals surface area contributed by atoms with Gasteiger partial charge >= 0.3 is 24.2 Å². The summed E-state index contributed by atoms with van der Waals surface area (Å²) in [6.45, 7) is -0.670. The zero-order valence-electron chi connectivity index (χ0n) is 11.6. The van der Waals surface area contributed by atoms with Crippen molar-refractivity contribution in [2.24, 2.45) is 0 Å². The number of ether oxygens (including phenoxy) is 2. The average Bonchev–Trinajstić information content (AvgIpc) is 2.38. The third-order valence-corrected chi connectivity index (χ3v) is 2.28. The highest BCUT2D eigenvalue weighted by Gasteiger charge is 2.51. The third kappa shape index (κ3) is 7.59. The van der Waals surface area contributed by atoms with Crippen LogP contribution in [0.4, 0.5) is 26.3 Å². The molecule has 5 nitrogen and oxygen atoms in total. The maximum absolute atomic E-state index is 12.2. The van der Waals surface area contributed by atoms with E-state index in [1.807, 2.05) is 0 Å². The van der Waals surface area contributed by atoms with Crippen molar-refractivity contribution in [3.63, 3.8) is 0 Å². The third-order valence-electron chi connectivity index (χ3n) is 2.28. The Kier molecular flexibility index (Phi) is 8.38. The van der Waals surface area contributed by atoms with Gasteiger partial charge in [0.25, 0.3) is 0 Å². The Morgan fingerprint density at radius 1 is 0.864 bits per heavy atom. The summed E-state index contributed by atoms with van der Waals surface area (Å²) in [5, 5.41) is 0. The molecular formula is C11H15F6NO4. The number of hydrogen-bond acceptors (Lipinski definition) is 4. The molecule has 0 fully saturated rings. The van der Waals surface area contributed by atoms with Crippen LogP contribution >= 0.6 is 0 Å². The number of carbonyl (C=O) groups is 2. The molecule has 0 radical (unpaired) electrons. The van der Waals surface area contributed by atoms with Crippen molar-refractivity contribution >= 4 is 11.8 Å². The van der Waals surface area contributed by atoms with Crippen molar-refractivity contribution in [3.05, 3.63) is 0 Å². The zero-order chi connectivity index (χ0) is 17.4. The lowest BCUT2D eigenvalue weighted by Gasteiger charge is -2.22. The van der Waals surface area contributed by atoms with Crippen LogP contribution in [-0.2, 0) is 19.1 Å². The van der Waals surface area contributed by atoms with Gasteiger partial charge in [-0.25, -0.2) is 0 Å². The van der Waals surface area contributed by atoms with E-state index in [4.69, 9.17) is 9.47 Å². The number of amides is 2. The minimum atomic E-state index is -5.57. The van der Waals surface area contributed by atoms with Crippen molar-refractivity contribution in [1.82, 2.24) is 4.90 Å². The maximum atomic E-state index is 12.2. The summed E-state index contributed by atoms with van der Waals surface area (Å²) < 4.78 is 82.9. The van der Waals surface area contributed by atoms with Crippen LogP contribution in [0.3, 0.4) is 0 Å². The summed E-state index contributed by atoms with van der Waals surface area (Å²) in [5.74, 6) is -5.71. The molecule has 0 heterocycles. The summed E-state index contributed by atoms with van der Waals surface area (Å²) in [5.41, 5.74) is 0. The Bertz CT molecular complexity index is 343. The molecule has 11 heteroatoms. The van der Waals surface area contributed by atoms with Crippen LogP contribution in [0.2, 0.25) is 0 Å². The number of halogens is 6. The van der Waals surface area contributed by atoms with Crippen LogP contribution in [0, 0.1) is 0 Å². The number of methoxy groups -OCH3 is 1. The molecule has 2 amide bonds. The van der Waals surface area contributed by atoms with Gasteiger partial charge in [-0.3, -0.25) is 14.5 Å². The molecule has 0 unspecified atom stereocenters. The zero-order valence-corrected chi connectivity index (χ0v) is 11.6. The Morgan fingerprint density at radius 3 is 1.73 bits per heavy atom. The minimum absolute atomic E-state index is 0.189. The highest BCUT2D eigenvalue weighted by atomic mass is 19.4. The van der Waals surface area contributed by atoms with Crippen molar-refractivity contribution in [3.8, 4) is 0 Å². The monoisotopic (exact) mass is 339 g/mol. The van der Waals surface area contributed by atoms with Crippen LogP contribution < -0.4 is 0 Å². The van der Waals surface area contributed by atoms with Gasteiger partial charge in [0.15, 0.2) is 0 Å². The quantitative estimate of drug-likeness (QED) is 0.501. The molecule has 0 bridgehead atoms. The molecule has 0 aromatic rings. The van der Waals surface area contributed by atoms with E-state index in [9.17, 15) is 35.9 Å². The van der Waals surface area contributed by atoms with Crippen molar-refractivity contribution in [2.75, 3.05) is 33.5 Å². The lowest BCUT2D eigenvalue weighted by Crippen LogP contribution is -2.50. The fraction of sp³-hybridized carbons (Fsp3) is 0.818. The second kappa shape index (κ2) is 8.93. The van der Waals surface area contributed by atoms with Gasteiger partial charge in [0.2, 0.25) is 0 Å². The Morgan fingerprint density at radius 2 is 1.32 bits per heavy atom. The van der Waals surface area contributed by atoms with E-state index in [1.165, 1.54) is 7.11 Å². The van der Waals surface area contributed by atoms with Gasteiger partial charge < -0.3 is 9.47 Å². The summed E-state index contributed by atoms with van der Waals surface area (Å²) in [6, 6.07) is 0. The van der Waals surface area contributed by atoms with Gasteiger partial charge in [-0.2, -0.15) is 26.3 Å². The molecule has 0 aliphatic carbocycles. The number of rotatable bonds is 8. The average molecular weight is 339 g/mol. The molecule has 0 aromatic carbocycles. The van der Waals surface area contributed by atoms with E-state index in [2.05, 4.69) is 0 Å². The second-order valence-electron chi connectivity index (χ2n) is 4.07. The molecule has 0 atom stereocenters. The molecule has 0 aliphatic rings. The molecule has 0 saturated heterocycles. The first-order valence-electron chi connectivity index (χ1n) is 6.08. The predicted molar refractivity (Wildman–Crippen MR) is 60.8 cm³/mol. The summed E-state index contributed by atoms with van der Waals surface area (Å²) >= 11 is 0. The van der Waals surface area contributed by atoms with Crippen LogP contribution in [0.5, 0.6) is 0 Å². The van der Waals surface area contributed by atoms with Gasteiger partial charge in [-0.1, -0.05) is 0 Å². The molecule has 0 spiro atoms. The molecule has 0 saturated carbocycles. The molecule has 130 valence electrons. The van der Waals surface area contributed by atoms with Crippen molar-refractivity contribution in [1.29, 1.82) is 0 Å². The molecule has 0 aliphatic heterocycles. The smallest absolute Gasteiger partial charge is 0.385 e. The number of nitrogens with zero attached hydrogens (tertiary/aromatic N) is 1. The molecular weight excluding hydrogens is 324 g/mol. The minimum Gasteiger partial charge on any atom is -0.385 e. The summed E-state index contributed by atoms with van der Waals surface area (Å²) in [6.07, 6.45) is -11.0. The summed E-state index contributed by atoms with van der Waals surface area (Å²) in [7, 11) is 1.45. The van der Waals surface area contributed by atoms with Gasteiger partial charge in [-0.15, -0.1) is 0 Å². The Labute approximate surface area is 122 Å². The Hall–Kier alpha value is -1.36. The SMILES string of the molecule is COCCCOCCCN(C(=O)C(F)(F)F)C(=O)C(F)(F)F. The lowest BCUT2D eigenvalue weighted by molar-refractivity contribution is -0.204. The number of carbonyl (C=O) groups excluding carboxylic acids is 2. The molecule has 0 aromatic heterocycles. The van der Waals surface area contributed by atoms with Gasteiger partial charge in [0.05, 0.1) is 0 Å². The van der Waals surface area contributed by atoms with Gasteiger partial charge in [-0.05, 0) is 12.8 Å². The summed E-state index contributed by atoms with van der Waals surface area (Å²) in [4.78, 5) is 20.9. The highest BCUT2D eigenvalue weighted by Crippen LogP contribution is 2.24. The highest BCUT2D eigenvalue weighted by molar-refractivity contribution is 6.00. The largest absolute Gasteiger partial charge is 0.471 e. The van der Waals surface area contributed by atoms with E-state index in [0.29, 0.717) is 13.0 Å². The first-order chi connectivity index (χ1) is 10.0. The Balaban J connectivity index is 4.51. The molecule has 0 rings (SSSR count). The topological polar surface area (TPSA) is 55.8 Å². The van der Waals surface area contributed by atoms with E-state index in [-0.39, 0.29) is 19.6 Å². The van der Waals surface area contributed by atoms with E-state index >= 15 is 0 Å². The molecule has 22 heavy (non-hydrogen) atoms. The second-order valence-corrected chi connectivity index (χ2v) is 4.07. The number of imide groups is 1. The first kappa shape index (κ1) is 20.6. The fourth-order valence-electron chi connectivity index (χ4n) is 1.33. The van der Waals surface area contributed by atoms with Crippen LogP contribution in [0.25, 0.3) is 0 Å². The van der Waals surface area contributed by atoms with Crippen LogP contribution in [0.15, 0.2) is 0 Å². The van der Waals surface area contributed by atoms with Gasteiger partial charge in [0.1, 0.15) is 0 Å². The maximum Gasteiger partial charge on any atom is 0.471 e. The van der Waals surface area contributed by atoms with Crippen LogP contribution in [-0.4, -0.2) is 62.5 Å². The van der Waals surface area contributed by atoms with Crippen LogP contribution in [0.1, 0.15) is 12.8 Å². The van der Waals surface area contributed by atoms with E-state index in [1.54, 1.807) is 0 Å². The van der Waals surface area contributed by atoms with Crippen molar-refractivity contribution in [2.45, 2.75) is 25.2 Å². The normalized spacial score (nSPS) is 12.3. The van der Waals surface area contributed by atoms with Crippen molar-refractivity contribution < 1.29 is 45.4 Å². The standard InChI is InChI=1S/C11H15F6NO4/c1-21-5-3-7-22-6-2-4-18(8(19)10(12,13)14)9(20)11(15,16)17/h2-7H2,1H3. The number of alkyl halides is 6. The lowest BCUT2D eigenvalue weighted by atomic mass is 10.3. The molecule has 0 N–H and O–H groups in total. The van der Waals surface area contributed by atoms with E-state index < -0.39 is 35.6 Å². The fourth-order valence-corrected chi connectivity index (χ4v) is 1.33. The number of hydrogen-bond donors (Lipinski definition) is 0. The predicted octanol–water partition coefficient (Wildman–Crippen LogP) is 1.91. The van der Waals surface area contributed by atoms with Gasteiger partial charge in [0, 0.05) is 33.5 Å².